The van der Waals surface area contributed by atoms with Crippen molar-refractivity contribution in [2.24, 2.45) is 0 Å². The lowest BCUT2D eigenvalue weighted by Gasteiger charge is -2.04. The highest BCUT2D eigenvalue weighted by atomic mass is 32.2. The molecule has 2 aromatic heterocycles. The molecule has 2 aromatic rings. The number of nitriles is 1. The largest absolute Gasteiger partial charge is 0.192 e. The Hall–Kier alpha value is -1.52. The molecule has 0 fully saturated rings. The van der Waals surface area contributed by atoms with Gasteiger partial charge in [-0.2, -0.15) is 10.4 Å². The Morgan fingerprint density at radius 1 is 1.12 bits per heavy atom. The lowest BCUT2D eigenvalue weighted by atomic mass is 10.1. The van der Waals surface area contributed by atoms with Crippen LogP contribution < -0.4 is 0 Å². The van der Waals surface area contributed by atoms with Crippen molar-refractivity contribution in [3.8, 4) is 6.07 Å². The summed E-state index contributed by atoms with van der Waals surface area (Å²) in [5.74, 6) is 0. The van der Waals surface area contributed by atoms with Crippen molar-refractivity contribution in [1.29, 1.82) is 5.26 Å². The van der Waals surface area contributed by atoms with Gasteiger partial charge in [-0.15, -0.1) is 15.3 Å². The van der Waals surface area contributed by atoms with Crippen LogP contribution in [0.25, 0.3) is 0 Å². The van der Waals surface area contributed by atoms with Crippen LogP contribution in [0.5, 0.6) is 0 Å². The van der Waals surface area contributed by atoms with Gasteiger partial charge in [0.2, 0.25) is 0 Å². The fourth-order valence-corrected chi connectivity index (χ4v) is 3.00. The zero-order valence-corrected chi connectivity index (χ0v) is 11.2. The molecule has 0 atom stereocenters. The van der Waals surface area contributed by atoms with E-state index < -0.39 is 0 Å². The smallest absolute Gasteiger partial charge is 0.180 e. The molecule has 0 unspecified atom stereocenters. The Bertz CT molecular complexity index is 599. The molecule has 5 nitrogen and oxygen atoms in total. The van der Waals surface area contributed by atoms with Crippen LogP contribution in [0, 0.1) is 32.1 Å². The summed E-state index contributed by atoms with van der Waals surface area (Å²) in [6, 6.07) is 2.16. The summed E-state index contributed by atoms with van der Waals surface area (Å²) >= 11 is 2.81. The Morgan fingerprint density at radius 2 is 1.88 bits per heavy atom. The number of aromatic nitrogens is 4. The van der Waals surface area contributed by atoms with Crippen molar-refractivity contribution in [1.82, 2.24) is 20.4 Å². The standard InChI is InChI=1S/C10H9N5S2/c1-5-6(2)12-14-9(8(5)4-11)17-10-15-13-7(3)16-10/h1-3H3. The minimum Gasteiger partial charge on any atom is -0.192 e. The summed E-state index contributed by atoms with van der Waals surface area (Å²) in [6.07, 6.45) is 0. The van der Waals surface area contributed by atoms with E-state index in [0.717, 1.165) is 20.6 Å². The van der Waals surface area contributed by atoms with E-state index in [-0.39, 0.29) is 0 Å². The molecule has 0 aliphatic rings. The molecule has 0 amide bonds. The van der Waals surface area contributed by atoms with Crippen LogP contribution in [0.15, 0.2) is 9.37 Å². The lowest BCUT2D eigenvalue weighted by molar-refractivity contribution is 0.869. The number of hydrogen-bond donors (Lipinski definition) is 0. The van der Waals surface area contributed by atoms with Crippen molar-refractivity contribution >= 4 is 23.1 Å². The molecule has 0 bridgehead atoms. The van der Waals surface area contributed by atoms with Crippen LogP contribution in [0.4, 0.5) is 0 Å². The van der Waals surface area contributed by atoms with Crippen molar-refractivity contribution in [3.63, 3.8) is 0 Å². The summed E-state index contributed by atoms with van der Waals surface area (Å²) < 4.78 is 0.775. The predicted octanol–water partition coefficient (Wildman–Crippen LogP) is 2.28. The Balaban J connectivity index is 2.40. The molecule has 17 heavy (non-hydrogen) atoms. The molecule has 2 heterocycles. The normalized spacial score (nSPS) is 10.2. The number of rotatable bonds is 2. The molecule has 2 rings (SSSR count). The molecule has 7 heteroatoms. The van der Waals surface area contributed by atoms with Crippen LogP contribution in [-0.2, 0) is 0 Å². The first-order valence-corrected chi connectivity index (χ1v) is 6.47. The second-order valence-electron chi connectivity index (χ2n) is 3.39. The van der Waals surface area contributed by atoms with Crippen LogP contribution in [-0.4, -0.2) is 20.4 Å². The van der Waals surface area contributed by atoms with Crippen LogP contribution in [0.2, 0.25) is 0 Å². The van der Waals surface area contributed by atoms with Gasteiger partial charge in [-0.3, -0.25) is 0 Å². The van der Waals surface area contributed by atoms with Crippen molar-refractivity contribution in [2.75, 3.05) is 0 Å². The quantitative estimate of drug-likeness (QED) is 0.827. The van der Waals surface area contributed by atoms with Gasteiger partial charge in [0.05, 0.1) is 11.3 Å². The summed E-state index contributed by atoms with van der Waals surface area (Å²) in [5, 5.41) is 26.6. The topological polar surface area (TPSA) is 75.3 Å². The third kappa shape index (κ3) is 2.43. The summed E-state index contributed by atoms with van der Waals surface area (Å²) in [6.45, 7) is 5.60. The summed E-state index contributed by atoms with van der Waals surface area (Å²) in [5.41, 5.74) is 2.21. The maximum atomic E-state index is 9.14. The molecule has 0 N–H and O–H groups in total. The minimum atomic E-state index is 0.565. The molecule has 0 spiro atoms. The van der Waals surface area contributed by atoms with Crippen LogP contribution in [0.1, 0.15) is 21.8 Å². The Kier molecular flexibility index (Phi) is 3.36. The Morgan fingerprint density at radius 3 is 2.47 bits per heavy atom. The number of aryl methyl sites for hydroxylation is 2. The lowest BCUT2D eigenvalue weighted by Crippen LogP contribution is -1.98. The van der Waals surface area contributed by atoms with Crippen LogP contribution >= 0.6 is 23.1 Å². The van der Waals surface area contributed by atoms with Gasteiger partial charge in [-0.1, -0.05) is 11.3 Å². The molecule has 0 aromatic carbocycles. The molecule has 0 aliphatic heterocycles. The zero-order valence-electron chi connectivity index (χ0n) is 9.55. The van der Waals surface area contributed by atoms with Gasteiger partial charge in [0.15, 0.2) is 4.34 Å². The third-order valence-corrected chi connectivity index (χ3v) is 4.09. The maximum Gasteiger partial charge on any atom is 0.180 e. The average molecular weight is 263 g/mol. The summed E-state index contributed by atoms with van der Waals surface area (Å²) in [7, 11) is 0. The van der Waals surface area contributed by atoms with E-state index in [0.29, 0.717) is 10.6 Å². The fraction of sp³-hybridized carbons (Fsp3) is 0.300. The minimum absolute atomic E-state index is 0.565. The molecule has 0 aliphatic carbocycles. The molecule has 86 valence electrons. The zero-order chi connectivity index (χ0) is 12.4. The molecular weight excluding hydrogens is 254 g/mol. The van der Waals surface area contributed by atoms with Gasteiger partial charge in [0.1, 0.15) is 16.1 Å². The van der Waals surface area contributed by atoms with Gasteiger partial charge in [0, 0.05) is 0 Å². The first kappa shape index (κ1) is 12.0. The first-order chi connectivity index (χ1) is 8.11. The predicted molar refractivity (Wildman–Crippen MR) is 65.0 cm³/mol. The van der Waals surface area contributed by atoms with E-state index in [1.165, 1.54) is 23.1 Å². The molecule has 0 saturated heterocycles. The fourth-order valence-electron chi connectivity index (χ4n) is 1.19. The highest BCUT2D eigenvalue weighted by Gasteiger charge is 2.14. The van der Waals surface area contributed by atoms with Gasteiger partial charge < -0.3 is 0 Å². The molecular formula is C10H9N5S2. The highest BCUT2D eigenvalue weighted by molar-refractivity contribution is 8.01. The second-order valence-corrected chi connectivity index (χ2v) is 5.81. The van der Waals surface area contributed by atoms with Gasteiger partial charge >= 0.3 is 0 Å². The molecule has 0 radical (unpaired) electrons. The number of hydrogen-bond acceptors (Lipinski definition) is 7. The van der Waals surface area contributed by atoms with E-state index in [4.69, 9.17) is 5.26 Å². The average Bonchev–Trinajstić information content (AvgIpc) is 2.70. The number of nitrogens with zero attached hydrogens (tertiary/aromatic N) is 5. The molecule has 0 saturated carbocycles. The van der Waals surface area contributed by atoms with Gasteiger partial charge in [-0.05, 0) is 38.1 Å². The van der Waals surface area contributed by atoms with Crippen LogP contribution in [0.3, 0.4) is 0 Å². The Labute approximate surface area is 107 Å². The SMILES string of the molecule is Cc1nnc(Sc2nnc(C)c(C)c2C#N)s1. The maximum absolute atomic E-state index is 9.14. The van der Waals surface area contributed by atoms with E-state index >= 15 is 0 Å². The monoisotopic (exact) mass is 263 g/mol. The van der Waals surface area contributed by atoms with E-state index in [2.05, 4.69) is 26.5 Å². The van der Waals surface area contributed by atoms with Crippen molar-refractivity contribution in [3.05, 3.63) is 21.8 Å². The highest BCUT2D eigenvalue weighted by Crippen LogP contribution is 2.31. The first-order valence-electron chi connectivity index (χ1n) is 4.83. The third-order valence-electron chi connectivity index (χ3n) is 2.23. The summed E-state index contributed by atoms with van der Waals surface area (Å²) in [4.78, 5) is 0. The van der Waals surface area contributed by atoms with Crippen molar-refractivity contribution < 1.29 is 0 Å². The van der Waals surface area contributed by atoms with E-state index in [1.54, 1.807) is 0 Å². The van der Waals surface area contributed by atoms with Gasteiger partial charge in [-0.25, -0.2) is 0 Å². The second kappa shape index (κ2) is 4.77. The van der Waals surface area contributed by atoms with E-state index in [1.807, 2.05) is 20.8 Å². The van der Waals surface area contributed by atoms with Crippen molar-refractivity contribution in [2.45, 2.75) is 30.1 Å². The van der Waals surface area contributed by atoms with Gasteiger partial charge in [0.25, 0.3) is 0 Å². The van der Waals surface area contributed by atoms with E-state index in [9.17, 15) is 0 Å².